The molecule has 2 aliphatic rings. The van der Waals surface area contributed by atoms with Crippen molar-refractivity contribution >= 4 is 11.7 Å². The van der Waals surface area contributed by atoms with Gasteiger partial charge in [-0.3, -0.25) is 0 Å². The lowest BCUT2D eigenvalue weighted by molar-refractivity contribution is 0.159. The number of piperidine rings is 1. The molecule has 5 heteroatoms. The standard InChI is InChI=1S/C19H23N3O2/c1-12-6-7-14(10-17(12)18-20-13(2)11-24-18)21-19(23)22-15-4-3-5-16(22)9-8-15/h6-7,10-11,15-16H,3-5,8-9H2,1-2H3,(H,21,23). The van der Waals surface area contributed by atoms with Crippen molar-refractivity contribution in [1.82, 2.24) is 9.88 Å². The van der Waals surface area contributed by atoms with Gasteiger partial charge in [-0.05, 0) is 63.6 Å². The number of aryl methyl sites for hydroxylation is 2. The van der Waals surface area contributed by atoms with Crippen LogP contribution < -0.4 is 5.32 Å². The van der Waals surface area contributed by atoms with Crippen LogP contribution >= 0.6 is 0 Å². The number of oxazole rings is 1. The maximum absolute atomic E-state index is 12.7. The largest absolute Gasteiger partial charge is 0.444 e. The molecule has 126 valence electrons. The Labute approximate surface area is 142 Å². The molecule has 2 saturated heterocycles. The second kappa shape index (κ2) is 5.96. The summed E-state index contributed by atoms with van der Waals surface area (Å²) in [5, 5.41) is 3.07. The molecule has 0 saturated carbocycles. The number of aromatic nitrogens is 1. The number of benzene rings is 1. The lowest BCUT2D eigenvalue weighted by Gasteiger charge is -2.34. The Hall–Kier alpha value is -2.30. The van der Waals surface area contributed by atoms with Crippen molar-refractivity contribution in [2.75, 3.05) is 5.32 Å². The van der Waals surface area contributed by atoms with Crippen molar-refractivity contribution in [3.8, 4) is 11.5 Å². The number of urea groups is 1. The van der Waals surface area contributed by atoms with Gasteiger partial charge in [0.05, 0.1) is 5.69 Å². The number of nitrogens with zero attached hydrogens (tertiary/aromatic N) is 2. The Morgan fingerprint density at radius 2 is 1.96 bits per heavy atom. The highest BCUT2D eigenvalue weighted by molar-refractivity contribution is 5.91. The third kappa shape index (κ3) is 2.68. The number of hydrogen-bond acceptors (Lipinski definition) is 3. The summed E-state index contributed by atoms with van der Waals surface area (Å²) in [5.41, 5.74) is 3.64. The highest BCUT2D eigenvalue weighted by Gasteiger charge is 2.39. The monoisotopic (exact) mass is 325 g/mol. The number of carbonyl (C=O) groups is 1. The number of hydrogen-bond donors (Lipinski definition) is 1. The fourth-order valence-electron chi connectivity index (χ4n) is 4.04. The molecule has 0 radical (unpaired) electrons. The SMILES string of the molecule is Cc1coc(-c2cc(NC(=O)N3C4CCCC3CC4)ccc2C)n1. The lowest BCUT2D eigenvalue weighted by Crippen LogP contribution is -2.46. The first-order chi connectivity index (χ1) is 11.6. The van der Waals surface area contributed by atoms with Gasteiger partial charge in [0.25, 0.3) is 0 Å². The van der Waals surface area contributed by atoms with Crippen LogP contribution in [-0.2, 0) is 0 Å². The van der Waals surface area contributed by atoms with E-state index in [0.717, 1.165) is 48.2 Å². The van der Waals surface area contributed by atoms with Gasteiger partial charge in [-0.1, -0.05) is 6.07 Å². The Kier molecular flexibility index (Phi) is 3.79. The number of nitrogens with one attached hydrogen (secondary N) is 1. The van der Waals surface area contributed by atoms with E-state index in [0.29, 0.717) is 18.0 Å². The van der Waals surface area contributed by atoms with E-state index in [1.807, 2.05) is 32.0 Å². The molecule has 1 N–H and O–H groups in total. The van der Waals surface area contributed by atoms with Crippen LogP contribution in [0.3, 0.4) is 0 Å². The zero-order chi connectivity index (χ0) is 16.7. The summed E-state index contributed by atoms with van der Waals surface area (Å²) in [6, 6.07) is 6.75. The Morgan fingerprint density at radius 1 is 1.21 bits per heavy atom. The summed E-state index contributed by atoms with van der Waals surface area (Å²) in [6.07, 6.45) is 7.46. The summed E-state index contributed by atoms with van der Waals surface area (Å²) in [4.78, 5) is 19.2. The van der Waals surface area contributed by atoms with E-state index in [-0.39, 0.29) is 6.03 Å². The minimum Gasteiger partial charge on any atom is -0.444 e. The van der Waals surface area contributed by atoms with Gasteiger partial charge < -0.3 is 14.6 Å². The predicted molar refractivity (Wildman–Crippen MR) is 92.9 cm³/mol. The van der Waals surface area contributed by atoms with E-state index >= 15 is 0 Å². The van der Waals surface area contributed by atoms with Crippen LogP contribution in [0.1, 0.15) is 43.4 Å². The van der Waals surface area contributed by atoms with Gasteiger partial charge >= 0.3 is 6.03 Å². The molecular formula is C19H23N3O2. The van der Waals surface area contributed by atoms with E-state index < -0.39 is 0 Å². The van der Waals surface area contributed by atoms with Crippen LogP contribution in [0, 0.1) is 13.8 Å². The molecule has 3 heterocycles. The number of carbonyl (C=O) groups excluding carboxylic acids is 1. The Morgan fingerprint density at radius 3 is 2.62 bits per heavy atom. The van der Waals surface area contributed by atoms with Crippen LogP contribution in [0.25, 0.3) is 11.5 Å². The van der Waals surface area contributed by atoms with Crippen molar-refractivity contribution in [2.45, 2.75) is 58.0 Å². The van der Waals surface area contributed by atoms with Crippen molar-refractivity contribution in [3.05, 3.63) is 35.7 Å². The molecule has 2 amide bonds. The molecule has 2 atom stereocenters. The fourth-order valence-corrected chi connectivity index (χ4v) is 4.04. The van der Waals surface area contributed by atoms with Crippen LogP contribution in [-0.4, -0.2) is 28.0 Å². The highest BCUT2D eigenvalue weighted by Crippen LogP contribution is 2.36. The van der Waals surface area contributed by atoms with Gasteiger partial charge in [0, 0.05) is 23.3 Å². The maximum atomic E-state index is 12.7. The van der Waals surface area contributed by atoms with Crippen LogP contribution in [0.15, 0.2) is 28.9 Å². The second-order valence-corrected chi connectivity index (χ2v) is 6.98. The predicted octanol–water partition coefficient (Wildman–Crippen LogP) is 4.51. The van der Waals surface area contributed by atoms with Gasteiger partial charge in [0.1, 0.15) is 6.26 Å². The minimum atomic E-state index is 0.0283. The highest BCUT2D eigenvalue weighted by atomic mass is 16.3. The van der Waals surface area contributed by atoms with Gasteiger partial charge in [-0.15, -0.1) is 0 Å². The van der Waals surface area contributed by atoms with E-state index in [4.69, 9.17) is 4.42 Å². The molecule has 2 aliphatic heterocycles. The summed E-state index contributed by atoms with van der Waals surface area (Å²) in [5.74, 6) is 0.596. The van der Waals surface area contributed by atoms with Crippen LogP contribution in [0.4, 0.5) is 10.5 Å². The summed E-state index contributed by atoms with van der Waals surface area (Å²) >= 11 is 0. The lowest BCUT2D eigenvalue weighted by atomic mass is 10.0. The summed E-state index contributed by atoms with van der Waals surface area (Å²) < 4.78 is 5.52. The third-order valence-corrected chi connectivity index (χ3v) is 5.27. The van der Waals surface area contributed by atoms with Gasteiger partial charge in [-0.25, -0.2) is 9.78 Å². The summed E-state index contributed by atoms with van der Waals surface area (Å²) in [7, 11) is 0. The first kappa shape index (κ1) is 15.2. The smallest absolute Gasteiger partial charge is 0.322 e. The van der Waals surface area contributed by atoms with Crippen molar-refractivity contribution in [1.29, 1.82) is 0 Å². The quantitative estimate of drug-likeness (QED) is 0.884. The summed E-state index contributed by atoms with van der Waals surface area (Å²) in [6.45, 7) is 3.92. The molecular weight excluding hydrogens is 302 g/mol. The molecule has 4 rings (SSSR count). The topological polar surface area (TPSA) is 58.4 Å². The first-order valence-corrected chi connectivity index (χ1v) is 8.74. The second-order valence-electron chi connectivity index (χ2n) is 6.98. The molecule has 1 aromatic heterocycles. The molecule has 2 unspecified atom stereocenters. The Bertz CT molecular complexity index is 752. The molecule has 2 aromatic rings. The number of rotatable bonds is 2. The van der Waals surface area contributed by atoms with Crippen molar-refractivity contribution < 1.29 is 9.21 Å². The number of fused-ring (bicyclic) bond motifs is 2. The third-order valence-electron chi connectivity index (χ3n) is 5.27. The molecule has 2 bridgehead atoms. The number of amides is 2. The molecule has 1 aromatic carbocycles. The van der Waals surface area contributed by atoms with Crippen LogP contribution in [0.2, 0.25) is 0 Å². The fraction of sp³-hybridized carbons (Fsp3) is 0.474. The normalized spacial score (nSPS) is 22.7. The molecule has 0 aliphatic carbocycles. The number of anilines is 1. The van der Waals surface area contributed by atoms with Gasteiger partial charge in [0.2, 0.25) is 5.89 Å². The van der Waals surface area contributed by atoms with E-state index in [1.54, 1.807) is 6.26 Å². The Balaban J connectivity index is 1.56. The first-order valence-electron chi connectivity index (χ1n) is 8.74. The van der Waals surface area contributed by atoms with Crippen molar-refractivity contribution in [3.63, 3.8) is 0 Å². The minimum absolute atomic E-state index is 0.0283. The van der Waals surface area contributed by atoms with E-state index in [2.05, 4.69) is 15.2 Å². The molecule has 24 heavy (non-hydrogen) atoms. The average molecular weight is 325 g/mol. The van der Waals surface area contributed by atoms with E-state index in [9.17, 15) is 4.79 Å². The molecule has 5 nitrogen and oxygen atoms in total. The zero-order valence-corrected chi connectivity index (χ0v) is 14.2. The van der Waals surface area contributed by atoms with Crippen molar-refractivity contribution in [2.24, 2.45) is 0 Å². The van der Waals surface area contributed by atoms with Gasteiger partial charge in [-0.2, -0.15) is 0 Å². The molecule has 0 spiro atoms. The average Bonchev–Trinajstić information content (AvgIpc) is 3.10. The molecule has 2 fully saturated rings. The van der Waals surface area contributed by atoms with Crippen LogP contribution in [0.5, 0.6) is 0 Å². The maximum Gasteiger partial charge on any atom is 0.322 e. The van der Waals surface area contributed by atoms with Gasteiger partial charge in [0.15, 0.2) is 0 Å². The zero-order valence-electron chi connectivity index (χ0n) is 14.2. The van der Waals surface area contributed by atoms with E-state index in [1.165, 1.54) is 6.42 Å².